The first-order valence-electron chi connectivity index (χ1n) is 9.81. The van der Waals surface area contributed by atoms with Gasteiger partial charge >= 0.3 is 6.18 Å². The summed E-state index contributed by atoms with van der Waals surface area (Å²) in [7, 11) is 1.60. The predicted molar refractivity (Wildman–Crippen MR) is 112 cm³/mol. The maximum absolute atomic E-state index is 12.5. The van der Waals surface area contributed by atoms with Gasteiger partial charge in [-0.1, -0.05) is 23.4 Å². The zero-order valence-corrected chi connectivity index (χ0v) is 17.6. The van der Waals surface area contributed by atoms with Crippen molar-refractivity contribution < 1.29 is 22.4 Å². The molecule has 3 aromatic rings. The third-order valence-electron chi connectivity index (χ3n) is 4.28. The SMILES string of the molecule is CN=C(NCCc1noc(-c2ccccn2)n1)NCc1ccc(C)cc1OCC(F)(F)F. The van der Waals surface area contributed by atoms with Gasteiger partial charge in [-0.05, 0) is 30.7 Å². The molecule has 3 rings (SSSR count). The van der Waals surface area contributed by atoms with E-state index in [2.05, 4.69) is 30.8 Å². The Bertz CT molecular complexity index is 1040. The second-order valence-corrected chi connectivity index (χ2v) is 6.85. The number of alkyl halides is 3. The fourth-order valence-corrected chi connectivity index (χ4v) is 2.74. The summed E-state index contributed by atoms with van der Waals surface area (Å²) in [5.41, 5.74) is 1.98. The number of aliphatic imine (C=N–C) groups is 1. The van der Waals surface area contributed by atoms with Crippen LogP contribution in [-0.4, -0.2) is 47.5 Å². The van der Waals surface area contributed by atoms with E-state index < -0.39 is 12.8 Å². The number of nitrogens with one attached hydrogen (secondary N) is 2. The highest BCUT2D eigenvalue weighted by Gasteiger charge is 2.28. The van der Waals surface area contributed by atoms with E-state index >= 15 is 0 Å². The van der Waals surface area contributed by atoms with E-state index in [1.54, 1.807) is 44.4 Å². The van der Waals surface area contributed by atoms with Crippen molar-refractivity contribution in [2.24, 2.45) is 4.99 Å². The molecule has 0 saturated carbocycles. The molecule has 8 nitrogen and oxygen atoms in total. The number of guanidine groups is 1. The summed E-state index contributed by atoms with van der Waals surface area (Å²) in [6.07, 6.45) is -2.29. The Morgan fingerprint density at radius 1 is 1.19 bits per heavy atom. The van der Waals surface area contributed by atoms with Gasteiger partial charge in [0.05, 0.1) is 0 Å². The molecular formula is C21H23F3N6O2. The average molecular weight is 448 g/mol. The highest BCUT2D eigenvalue weighted by molar-refractivity contribution is 5.79. The van der Waals surface area contributed by atoms with Crippen molar-refractivity contribution in [1.82, 2.24) is 25.8 Å². The first-order chi connectivity index (χ1) is 15.3. The summed E-state index contributed by atoms with van der Waals surface area (Å²) in [4.78, 5) is 12.6. The number of ether oxygens (including phenoxy) is 1. The second kappa shape index (κ2) is 10.6. The van der Waals surface area contributed by atoms with Gasteiger partial charge in [-0.2, -0.15) is 18.2 Å². The Morgan fingerprint density at radius 2 is 2.03 bits per heavy atom. The van der Waals surface area contributed by atoms with Gasteiger partial charge in [-0.25, -0.2) is 0 Å². The number of aromatic nitrogens is 3. The van der Waals surface area contributed by atoms with Crippen LogP contribution in [0, 0.1) is 6.92 Å². The number of hydrogen-bond acceptors (Lipinski definition) is 6. The van der Waals surface area contributed by atoms with Gasteiger partial charge in [-0.15, -0.1) is 0 Å². The van der Waals surface area contributed by atoms with Crippen LogP contribution < -0.4 is 15.4 Å². The third-order valence-corrected chi connectivity index (χ3v) is 4.28. The Morgan fingerprint density at radius 3 is 2.75 bits per heavy atom. The third kappa shape index (κ3) is 6.96. The fourth-order valence-electron chi connectivity index (χ4n) is 2.74. The van der Waals surface area contributed by atoms with Crippen molar-refractivity contribution in [3.8, 4) is 17.3 Å². The van der Waals surface area contributed by atoms with Crippen LogP contribution in [0.4, 0.5) is 13.2 Å². The molecule has 0 spiro atoms. The molecule has 2 heterocycles. The molecule has 0 saturated heterocycles. The number of halogens is 3. The molecule has 0 bridgehead atoms. The molecule has 0 radical (unpaired) electrons. The molecule has 2 N–H and O–H groups in total. The maximum Gasteiger partial charge on any atom is 0.422 e. The predicted octanol–water partition coefficient (Wildman–Crippen LogP) is 3.29. The molecule has 0 aliphatic heterocycles. The molecule has 0 aliphatic rings. The molecule has 32 heavy (non-hydrogen) atoms. The van der Waals surface area contributed by atoms with Crippen molar-refractivity contribution >= 4 is 5.96 Å². The zero-order chi connectivity index (χ0) is 23.0. The van der Waals surface area contributed by atoms with E-state index in [1.165, 1.54) is 0 Å². The molecule has 1 aromatic carbocycles. The summed E-state index contributed by atoms with van der Waals surface area (Å²) >= 11 is 0. The van der Waals surface area contributed by atoms with E-state index in [1.807, 2.05) is 12.1 Å². The topological polar surface area (TPSA) is 97.5 Å². The van der Waals surface area contributed by atoms with Crippen LogP contribution in [0.15, 0.2) is 52.1 Å². The van der Waals surface area contributed by atoms with Crippen LogP contribution in [0.3, 0.4) is 0 Å². The maximum atomic E-state index is 12.5. The lowest BCUT2D eigenvalue weighted by atomic mass is 10.1. The van der Waals surface area contributed by atoms with Gasteiger partial charge < -0.3 is 19.9 Å². The minimum absolute atomic E-state index is 0.180. The summed E-state index contributed by atoms with van der Waals surface area (Å²) in [5, 5.41) is 10.1. The Kier molecular flexibility index (Phi) is 7.63. The standard InChI is InChI=1S/C21H23F3N6O2/c1-14-6-7-15(17(11-14)31-13-21(22,23)24)12-28-20(25-2)27-10-8-18-29-19(32-30-18)16-5-3-4-9-26-16/h3-7,9,11H,8,10,12-13H2,1-2H3,(H2,25,27,28). The number of rotatable bonds is 8. The molecule has 0 amide bonds. The lowest BCUT2D eigenvalue weighted by Crippen LogP contribution is -2.38. The van der Waals surface area contributed by atoms with Gasteiger partial charge in [0.15, 0.2) is 18.4 Å². The van der Waals surface area contributed by atoms with Crippen LogP contribution in [-0.2, 0) is 13.0 Å². The lowest BCUT2D eigenvalue weighted by Gasteiger charge is -2.16. The molecule has 0 unspecified atom stereocenters. The van der Waals surface area contributed by atoms with Gasteiger partial charge in [0, 0.05) is 38.3 Å². The van der Waals surface area contributed by atoms with E-state index in [0.717, 1.165) is 5.56 Å². The van der Waals surface area contributed by atoms with Crippen LogP contribution in [0.2, 0.25) is 0 Å². The molecule has 0 fully saturated rings. The van der Waals surface area contributed by atoms with E-state index in [0.29, 0.717) is 41.9 Å². The molecular weight excluding hydrogens is 425 g/mol. The van der Waals surface area contributed by atoms with Crippen molar-refractivity contribution in [2.45, 2.75) is 26.1 Å². The van der Waals surface area contributed by atoms with E-state index in [4.69, 9.17) is 9.26 Å². The summed E-state index contributed by atoms with van der Waals surface area (Å²) < 4.78 is 47.8. The fraction of sp³-hybridized carbons (Fsp3) is 0.333. The Labute approximate surface area is 182 Å². The van der Waals surface area contributed by atoms with Gasteiger partial charge in [-0.3, -0.25) is 9.98 Å². The van der Waals surface area contributed by atoms with Gasteiger partial charge in [0.25, 0.3) is 5.89 Å². The van der Waals surface area contributed by atoms with Crippen LogP contribution in [0.1, 0.15) is 17.0 Å². The number of pyridine rings is 1. The summed E-state index contributed by atoms with van der Waals surface area (Å²) in [6.45, 7) is 1.14. The van der Waals surface area contributed by atoms with Crippen molar-refractivity contribution in [3.05, 3.63) is 59.5 Å². The van der Waals surface area contributed by atoms with Gasteiger partial charge in [0.1, 0.15) is 11.4 Å². The summed E-state index contributed by atoms with van der Waals surface area (Å²) in [5.74, 6) is 1.50. The number of nitrogens with zero attached hydrogens (tertiary/aromatic N) is 4. The normalized spacial score (nSPS) is 12.0. The van der Waals surface area contributed by atoms with Crippen LogP contribution in [0.5, 0.6) is 5.75 Å². The van der Waals surface area contributed by atoms with E-state index in [-0.39, 0.29) is 12.3 Å². The molecule has 11 heteroatoms. The molecule has 170 valence electrons. The average Bonchev–Trinajstić information content (AvgIpc) is 3.24. The minimum atomic E-state index is -4.41. The van der Waals surface area contributed by atoms with Gasteiger partial charge in [0.2, 0.25) is 0 Å². The smallest absolute Gasteiger partial charge is 0.422 e. The minimum Gasteiger partial charge on any atom is -0.484 e. The zero-order valence-electron chi connectivity index (χ0n) is 17.6. The summed E-state index contributed by atoms with van der Waals surface area (Å²) in [6, 6.07) is 10.5. The van der Waals surface area contributed by atoms with Crippen molar-refractivity contribution in [3.63, 3.8) is 0 Å². The molecule has 2 aromatic heterocycles. The lowest BCUT2D eigenvalue weighted by molar-refractivity contribution is -0.153. The van der Waals surface area contributed by atoms with Crippen molar-refractivity contribution in [2.75, 3.05) is 20.2 Å². The second-order valence-electron chi connectivity index (χ2n) is 6.85. The number of hydrogen-bond donors (Lipinski definition) is 2. The Hall–Kier alpha value is -3.63. The number of benzene rings is 1. The molecule has 0 atom stereocenters. The van der Waals surface area contributed by atoms with E-state index in [9.17, 15) is 13.2 Å². The highest BCUT2D eigenvalue weighted by Crippen LogP contribution is 2.23. The Balaban J connectivity index is 1.51. The van der Waals surface area contributed by atoms with Crippen LogP contribution in [0.25, 0.3) is 11.6 Å². The number of aryl methyl sites for hydroxylation is 1. The largest absolute Gasteiger partial charge is 0.484 e. The first kappa shape index (κ1) is 23.0. The monoisotopic (exact) mass is 448 g/mol. The van der Waals surface area contributed by atoms with Crippen LogP contribution >= 0.6 is 0 Å². The molecule has 0 aliphatic carbocycles. The van der Waals surface area contributed by atoms with Crippen molar-refractivity contribution in [1.29, 1.82) is 0 Å². The highest BCUT2D eigenvalue weighted by atomic mass is 19.4. The first-order valence-corrected chi connectivity index (χ1v) is 9.81. The quantitative estimate of drug-likeness (QED) is 0.403.